The van der Waals surface area contributed by atoms with Gasteiger partial charge >= 0.3 is 0 Å². The lowest BCUT2D eigenvalue weighted by atomic mass is 10.0. The van der Waals surface area contributed by atoms with Crippen molar-refractivity contribution in [1.29, 1.82) is 5.41 Å². The van der Waals surface area contributed by atoms with E-state index in [0.29, 0.717) is 11.6 Å². The maximum atomic E-state index is 11.0. The molecule has 0 aliphatic carbocycles. The number of amides is 1. The second-order valence-electron chi connectivity index (χ2n) is 4.95. The van der Waals surface area contributed by atoms with Gasteiger partial charge in [-0.05, 0) is 24.0 Å². The van der Waals surface area contributed by atoms with Crippen LogP contribution in [0.3, 0.4) is 0 Å². The van der Waals surface area contributed by atoms with Crippen LogP contribution >= 0.6 is 11.3 Å². The van der Waals surface area contributed by atoms with Gasteiger partial charge in [-0.15, -0.1) is 11.3 Å². The lowest BCUT2D eigenvalue weighted by Crippen LogP contribution is -2.05. The third kappa shape index (κ3) is 4.96. The third-order valence-electron chi connectivity index (χ3n) is 3.14. The average Bonchev–Trinajstić information content (AvgIpc) is 2.93. The molecule has 0 atom stereocenters. The lowest BCUT2D eigenvalue weighted by Gasteiger charge is -2.04. The molecule has 22 heavy (non-hydrogen) atoms. The Bertz CT molecular complexity index is 650. The molecule has 0 saturated carbocycles. The Hall–Kier alpha value is -2.21. The van der Waals surface area contributed by atoms with E-state index in [1.54, 1.807) is 0 Å². The van der Waals surface area contributed by atoms with Crippen LogP contribution in [0.4, 0.5) is 5.13 Å². The fraction of sp³-hybridized carbons (Fsp3) is 0.312. The van der Waals surface area contributed by atoms with Gasteiger partial charge in [-0.3, -0.25) is 10.2 Å². The summed E-state index contributed by atoms with van der Waals surface area (Å²) in [5, 5.41) is 12.8. The monoisotopic (exact) mass is 317 g/mol. The molecule has 0 spiro atoms. The van der Waals surface area contributed by atoms with E-state index in [4.69, 9.17) is 10.1 Å². The number of nitrogens with one attached hydrogen (secondary N) is 2. The van der Waals surface area contributed by atoms with Crippen molar-refractivity contribution in [1.82, 2.24) is 4.98 Å². The highest BCUT2D eigenvalue weighted by Crippen LogP contribution is 2.17. The Morgan fingerprint density at radius 1 is 1.27 bits per heavy atom. The number of aromatic nitrogens is 1. The predicted octanol–water partition coefficient (Wildman–Crippen LogP) is 3.05. The van der Waals surface area contributed by atoms with Crippen LogP contribution in [0.25, 0.3) is 0 Å². The molecule has 2 aromatic rings. The van der Waals surface area contributed by atoms with E-state index >= 15 is 0 Å². The van der Waals surface area contributed by atoms with Crippen molar-refractivity contribution in [3.05, 3.63) is 46.5 Å². The maximum absolute atomic E-state index is 11.0. The highest BCUT2D eigenvalue weighted by atomic mass is 32.1. The molecule has 0 saturated heterocycles. The molecular weight excluding hydrogens is 298 g/mol. The maximum Gasteiger partial charge on any atom is 0.223 e. The van der Waals surface area contributed by atoms with E-state index in [1.165, 1.54) is 30.9 Å². The molecule has 6 heteroatoms. The third-order valence-corrected chi connectivity index (χ3v) is 3.95. The highest BCUT2D eigenvalue weighted by molar-refractivity contribution is 7.13. The van der Waals surface area contributed by atoms with E-state index < -0.39 is 0 Å². The minimum absolute atomic E-state index is 0.0990. The standard InChI is InChI=1S/C16H19N3O2S/c1-11(20)18-16-19-14(10-22-16)8-7-12-3-5-13(6-4-12)9-15(17)21-2/h3-6,10,17H,7-9H2,1-2H3,(H,18,19,20). The number of hydrogen-bond acceptors (Lipinski definition) is 5. The first-order valence-corrected chi connectivity index (χ1v) is 7.86. The zero-order valence-corrected chi connectivity index (χ0v) is 13.5. The molecule has 0 radical (unpaired) electrons. The molecule has 0 fully saturated rings. The van der Waals surface area contributed by atoms with Gasteiger partial charge in [0.2, 0.25) is 5.91 Å². The summed E-state index contributed by atoms with van der Waals surface area (Å²) in [6.45, 7) is 1.48. The number of carbonyl (C=O) groups is 1. The molecule has 116 valence electrons. The van der Waals surface area contributed by atoms with Crippen LogP contribution in [0.2, 0.25) is 0 Å². The number of aryl methyl sites for hydroxylation is 2. The molecule has 1 aromatic heterocycles. The zero-order chi connectivity index (χ0) is 15.9. The lowest BCUT2D eigenvalue weighted by molar-refractivity contribution is -0.114. The van der Waals surface area contributed by atoms with Gasteiger partial charge in [0.1, 0.15) is 0 Å². The SMILES string of the molecule is COC(=N)Cc1ccc(CCc2csc(NC(C)=O)n2)cc1. The van der Waals surface area contributed by atoms with Crippen LogP contribution in [-0.4, -0.2) is 23.9 Å². The largest absolute Gasteiger partial charge is 0.484 e. The highest BCUT2D eigenvalue weighted by Gasteiger charge is 2.04. The molecule has 5 nitrogen and oxygen atoms in total. The van der Waals surface area contributed by atoms with Crippen molar-refractivity contribution < 1.29 is 9.53 Å². The summed E-state index contributed by atoms with van der Waals surface area (Å²) >= 11 is 1.44. The van der Waals surface area contributed by atoms with E-state index in [0.717, 1.165) is 24.1 Å². The molecule has 1 aromatic carbocycles. The van der Waals surface area contributed by atoms with Gasteiger partial charge in [0.15, 0.2) is 11.0 Å². The zero-order valence-electron chi connectivity index (χ0n) is 12.7. The van der Waals surface area contributed by atoms with Crippen LogP contribution in [0.15, 0.2) is 29.6 Å². The van der Waals surface area contributed by atoms with Crippen LogP contribution < -0.4 is 5.32 Å². The Morgan fingerprint density at radius 2 is 1.95 bits per heavy atom. The van der Waals surface area contributed by atoms with Gasteiger partial charge < -0.3 is 10.1 Å². The quantitative estimate of drug-likeness (QED) is 0.635. The topological polar surface area (TPSA) is 75.1 Å². The summed E-state index contributed by atoms with van der Waals surface area (Å²) in [6, 6.07) is 8.18. The summed E-state index contributed by atoms with van der Waals surface area (Å²) < 4.78 is 4.87. The normalized spacial score (nSPS) is 10.3. The van der Waals surface area contributed by atoms with Crippen molar-refractivity contribution in [2.75, 3.05) is 12.4 Å². The number of anilines is 1. The van der Waals surface area contributed by atoms with Crippen LogP contribution in [0, 0.1) is 5.41 Å². The van der Waals surface area contributed by atoms with Gasteiger partial charge in [-0.2, -0.15) is 0 Å². The van der Waals surface area contributed by atoms with E-state index in [2.05, 4.69) is 22.4 Å². The minimum Gasteiger partial charge on any atom is -0.484 e. The smallest absolute Gasteiger partial charge is 0.223 e. The van der Waals surface area contributed by atoms with Crippen molar-refractivity contribution in [3.8, 4) is 0 Å². The summed E-state index contributed by atoms with van der Waals surface area (Å²) in [4.78, 5) is 15.3. The fourth-order valence-corrected chi connectivity index (χ4v) is 2.77. The number of methoxy groups -OCH3 is 1. The first kappa shape index (κ1) is 16.2. The molecule has 1 heterocycles. The van der Waals surface area contributed by atoms with Crippen molar-refractivity contribution >= 4 is 28.3 Å². The number of ether oxygens (including phenoxy) is 1. The summed E-state index contributed by atoms with van der Waals surface area (Å²) in [5.74, 6) is 0.166. The molecule has 1 amide bonds. The Balaban J connectivity index is 1.87. The Labute approximate surface area is 133 Å². The van der Waals surface area contributed by atoms with Crippen LogP contribution in [0.1, 0.15) is 23.7 Å². The number of carbonyl (C=O) groups excluding carboxylic acids is 1. The first-order chi connectivity index (χ1) is 10.6. The number of rotatable bonds is 6. The summed E-state index contributed by atoms with van der Waals surface area (Å²) in [7, 11) is 1.51. The van der Waals surface area contributed by atoms with E-state index in [9.17, 15) is 4.79 Å². The second kappa shape index (κ2) is 7.70. The fourth-order valence-electron chi connectivity index (χ4n) is 1.98. The molecule has 0 bridgehead atoms. The van der Waals surface area contributed by atoms with Gasteiger partial charge in [-0.1, -0.05) is 24.3 Å². The van der Waals surface area contributed by atoms with Crippen LogP contribution in [-0.2, 0) is 28.8 Å². The number of nitrogens with zero attached hydrogens (tertiary/aromatic N) is 1. The summed E-state index contributed by atoms with van der Waals surface area (Å²) in [5.41, 5.74) is 3.28. The van der Waals surface area contributed by atoms with Crippen LogP contribution in [0.5, 0.6) is 0 Å². The number of benzene rings is 1. The Morgan fingerprint density at radius 3 is 2.59 bits per heavy atom. The summed E-state index contributed by atoms with van der Waals surface area (Å²) in [6.07, 6.45) is 2.25. The number of hydrogen-bond donors (Lipinski definition) is 2. The van der Waals surface area contributed by atoms with E-state index in [1.807, 2.05) is 17.5 Å². The second-order valence-corrected chi connectivity index (χ2v) is 5.80. The van der Waals surface area contributed by atoms with E-state index in [-0.39, 0.29) is 11.8 Å². The van der Waals surface area contributed by atoms with Crippen molar-refractivity contribution in [2.45, 2.75) is 26.2 Å². The van der Waals surface area contributed by atoms with Gasteiger partial charge in [0.05, 0.1) is 12.8 Å². The molecule has 0 aliphatic rings. The number of thiazole rings is 1. The van der Waals surface area contributed by atoms with Crippen molar-refractivity contribution in [2.24, 2.45) is 0 Å². The minimum atomic E-state index is -0.0990. The predicted molar refractivity (Wildman–Crippen MR) is 88.7 cm³/mol. The molecule has 0 unspecified atom stereocenters. The van der Waals surface area contributed by atoms with Gasteiger partial charge in [-0.25, -0.2) is 4.98 Å². The van der Waals surface area contributed by atoms with Gasteiger partial charge in [0, 0.05) is 18.7 Å². The van der Waals surface area contributed by atoms with Gasteiger partial charge in [0.25, 0.3) is 0 Å². The molecule has 2 rings (SSSR count). The molecule has 0 aliphatic heterocycles. The average molecular weight is 317 g/mol. The molecular formula is C16H19N3O2S. The first-order valence-electron chi connectivity index (χ1n) is 6.98. The van der Waals surface area contributed by atoms with Crippen molar-refractivity contribution in [3.63, 3.8) is 0 Å². The Kier molecular flexibility index (Phi) is 5.66. The molecule has 2 N–H and O–H groups in total.